The van der Waals surface area contributed by atoms with Crippen LogP contribution in [0.4, 0.5) is 4.39 Å². The molecular weight excluding hydrogens is 449 g/mol. The summed E-state index contributed by atoms with van der Waals surface area (Å²) in [5.74, 6) is 2.55. The minimum atomic E-state index is -0.201. The molecule has 0 amide bonds. The van der Waals surface area contributed by atoms with Crippen molar-refractivity contribution in [3.05, 3.63) is 90.4 Å². The maximum Gasteiger partial charge on any atom is 0.123 e. The topological polar surface area (TPSA) is 12.9 Å². The predicted molar refractivity (Wildman–Crippen MR) is 145 cm³/mol. The molecule has 0 spiro atoms. The van der Waals surface area contributed by atoms with Gasteiger partial charge in [-0.3, -0.25) is 4.98 Å². The van der Waals surface area contributed by atoms with Crippen LogP contribution < -0.4 is 0 Å². The smallest absolute Gasteiger partial charge is 0.123 e. The third-order valence-electron chi connectivity index (χ3n) is 8.46. The molecule has 0 aliphatic heterocycles. The quantitative estimate of drug-likeness (QED) is 0.251. The van der Waals surface area contributed by atoms with E-state index in [1.165, 1.54) is 82.0 Å². The van der Waals surface area contributed by atoms with Gasteiger partial charge in [-0.2, -0.15) is 0 Å². The summed E-state index contributed by atoms with van der Waals surface area (Å²) >= 11 is 1.81. The second kappa shape index (κ2) is 8.57. The molecule has 35 heavy (non-hydrogen) atoms. The van der Waals surface area contributed by atoms with E-state index in [9.17, 15) is 4.39 Å². The van der Waals surface area contributed by atoms with Crippen LogP contribution in [0.3, 0.4) is 0 Å². The highest BCUT2D eigenvalue weighted by molar-refractivity contribution is 7.26. The fraction of sp³-hybridized carbons (Fsp3) is 0.281. The van der Waals surface area contributed by atoms with E-state index in [1.807, 2.05) is 29.7 Å². The van der Waals surface area contributed by atoms with E-state index >= 15 is 0 Å². The van der Waals surface area contributed by atoms with E-state index in [0.717, 1.165) is 34.6 Å². The van der Waals surface area contributed by atoms with Crippen molar-refractivity contribution in [2.45, 2.75) is 38.5 Å². The van der Waals surface area contributed by atoms with Gasteiger partial charge in [0.1, 0.15) is 5.82 Å². The minimum absolute atomic E-state index is 0.201. The number of nitrogens with zero attached hydrogens (tertiary/aromatic N) is 1. The lowest BCUT2D eigenvalue weighted by molar-refractivity contribution is 0.0991. The Kier molecular flexibility index (Phi) is 5.20. The lowest BCUT2D eigenvalue weighted by atomic mass is 9.63. The Morgan fingerprint density at radius 1 is 0.829 bits per heavy atom. The molecule has 3 heteroatoms. The number of halogens is 1. The summed E-state index contributed by atoms with van der Waals surface area (Å²) in [6.45, 7) is 0. The Labute approximate surface area is 209 Å². The van der Waals surface area contributed by atoms with Gasteiger partial charge >= 0.3 is 0 Å². The predicted octanol–water partition coefficient (Wildman–Crippen LogP) is 9.29. The molecule has 3 saturated carbocycles. The number of thiophene rings is 1. The molecular formula is C32H28FNS. The van der Waals surface area contributed by atoms with Gasteiger partial charge in [-0.1, -0.05) is 49.2 Å². The molecule has 3 aliphatic rings. The zero-order valence-electron chi connectivity index (χ0n) is 19.7. The Morgan fingerprint density at radius 3 is 2.46 bits per heavy atom. The first kappa shape index (κ1) is 21.3. The molecule has 2 aromatic heterocycles. The SMILES string of the molecule is Fc1ccc(-c2cccc3c2sc2ccc(-c4cc(CC5CC6CCC5CC6)ccn4)cc23)cc1. The van der Waals surface area contributed by atoms with Crippen molar-refractivity contribution < 1.29 is 4.39 Å². The van der Waals surface area contributed by atoms with Crippen molar-refractivity contribution in [3.8, 4) is 22.4 Å². The lowest BCUT2D eigenvalue weighted by Gasteiger charge is -2.42. The summed E-state index contributed by atoms with van der Waals surface area (Å²) in [4.78, 5) is 4.76. The summed E-state index contributed by atoms with van der Waals surface area (Å²) in [7, 11) is 0. The third kappa shape index (κ3) is 3.87. The van der Waals surface area contributed by atoms with Gasteiger partial charge in [0.05, 0.1) is 5.69 Å². The molecule has 0 N–H and O–H groups in total. The van der Waals surface area contributed by atoms with Crippen LogP contribution in [0.1, 0.15) is 37.7 Å². The van der Waals surface area contributed by atoms with Gasteiger partial charge in [0.15, 0.2) is 0 Å². The van der Waals surface area contributed by atoms with Crippen LogP contribution in [0.15, 0.2) is 79.0 Å². The third-order valence-corrected chi connectivity index (χ3v) is 9.68. The number of rotatable bonds is 4. The Bertz CT molecular complexity index is 1530. The molecule has 1 unspecified atom stereocenters. The van der Waals surface area contributed by atoms with Gasteiger partial charge in [0, 0.05) is 31.9 Å². The molecule has 3 aromatic carbocycles. The molecule has 174 valence electrons. The largest absolute Gasteiger partial charge is 0.256 e. The highest BCUT2D eigenvalue weighted by Gasteiger charge is 2.35. The second-order valence-electron chi connectivity index (χ2n) is 10.5. The van der Waals surface area contributed by atoms with Crippen LogP contribution >= 0.6 is 11.3 Å². The Balaban J connectivity index is 1.25. The fourth-order valence-electron chi connectivity index (χ4n) is 6.64. The molecule has 1 nitrogen and oxygen atoms in total. The molecule has 1 atom stereocenters. The van der Waals surface area contributed by atoms with Gasteiger partial charge < -0.3 is 0 Å². The minimum Gasteiger partial charge on any atom is -0.256 e. The summed E-state index contributed by atoms with van der Waals surface area (Å²) in [5.41, 5.74) is 5.89. The van der Waals surface area contributed by atoms with Crippen molar-refractivity contribution in [1.82, 2.24) is 4.98 Å². The van der Waals surface area contributed by atoms with Crippen molar-refractivity contribution in [3.63, 3.8) is 0 Å². The molecule has 0 radical (unpaired) electrons. The van der Waals surface area contributed by atoms with Gasteiger partial charge in [0.25, 0.3) is 0 Å². The van der Waals surface area contributed by atoms with Crippen LogP contribution in [-0.2, 0) is 6.42 Å². The van der Waals surface area contributed by atoms with Crippen LogP contribution in [-0.4, -0.2) is 4.98 Å². The summed E-state index contributed by atoms with van der Waals surface area (Å²) in [6, 6.07) is 24.5. The highest BCUT2D eigenvalue weighted by atomic mass is 32.1. The van der Waals surface area contributed by atoms with Gasteiger partial charge in [-0.25, -0.2) is 4.39 Å². The number of hydrogen-bond acceptors (Lipinski definition) is 2. The van der Waals surface area contributed by atoms with Crippen molar-refractivity contribution >= 4 is 31.5 Å². The van der Waals surface area contributed by atoms with Gasteiger partial charge in [0.2, 0.25) is 0 Å². The highest BCUT2D eigenvalue weighted by Crippen LogP contribution is 2.46. The monoisotopic (exact) mass is 477 g/mol. The molecule has 0 saturated heterocycles. The zero-order chi connectivity index (χ0) is 23.4. The first-order valence-electron chi connectivity index (χ1n) is 12.9. The van der Waals surface area contributed by atoms with Crippen LogP contribution in [0.5, 0.6) is 0 Å². The van der Waals surface area contributed by atoms with E-state index in [2.05, 4.69) is 48.5 Å². The van der Waals surface area contributed by atoms with Crippen molar-refractivity contribution in [2.24, 2.45) is 17.8 Å². The molecule has 2 bridgehead atoms. The van der Waals surface area contributed by atoms with Gasteiger partial charge in [-0.15, -0.1) is 11.3 Å². The van der Waals surface area contributed by atoms with Crippen molar-refractivity contribution in [1.29, 1.82) is 0 Å². The van der Waals surface area contributed by atoms with Crippen LogP contribution in [0, 0.1) is 23.6 Å². The normalized spacial score (nSPS) is 21.7. The maximum absolute atomic E-state index is 13.5. The second-order valence-corrected chi connectivity index (χ2v) is 11.6. The lowest BCUT2D eigenvalue weighted by Crippen LogP contribution is -2.32. The fourth-order valence-corrected chi connectivity index (χ4v) is 7.86. The molecule has 5 aromatic rings. The molecule has 3 aliphatic carbocycles. The standard InChI is InChI=1S/C32H28FNS/c33-26-11-8-23(9-12-26)27-2-1-3-28-29-19-24(10-13-31(29)35-32(27)28)30-18-21(14-15-34-30)17-25-16-20-4-6-22(25)7-5-20/h1-3,8-15,18-20,22,25H,4-7,16-17H2. The molecule has 2 heterocycles. The summed E-state index contributed by atoms with van der Waals surface area (Å²) < 4.78 is 16.0. The van der Waals surface area contributed by atoms with E-state index in [1.54, 1.807) is 0 Å². The Morgan fingerprint density at radius 2 is 1.66 bits per heavy atom. The van der Waals surface area contributed by atoms with E-state index in [-0.39, 0.29) is 5.82 Å². The maximum atomic E-state index is 13.5. The molecule has 8 rings (SSSR count). The van der Waals surface area contributed by atoms with E-state index < -0.39 is 0 Å². The Hall–Kier alpha value is -3.04. The van der Waals surface area contributed by atoms with Gasteiger partial charge in [-0.05, 0) is 96.5 Å². The van der Waals surface area contributed by atoms with E-state index in [0.29, 0.717) is 0 Å². The average molecular weight is 478 g/mol. The van der Waals surface area contributed by atoms with E-state index in [4.69, 9.17) is 4.98 Å². The first-order valence-corrected chi connectivity index (χ1v) is 13.7. The summed E-state index contributed by atoms with van der Waals surface area (Å²) in [6.07, 6.45) is 10.4. The summed E-state index contributed by atoms with van der Waals surface area (Å²) in [5, 5.41) is 2.52. The number of fused-ring (bicyclic) bond motifs is 6. The number of hydrogen-bond donors (Lipinski definition) is 0. The van der Waals surface area contributed by atoms with Crippen LogP contribution in [0.25, 0.3) is 42.6 Å². The number of benzene rings is 3. The molecule has 3 fully saturated rings. The number of aromatic nitrogens is 1. The average Bonchev–Trinajstić information content (AvgIpc) is 3.28. The van der Waals surface area contributed by atoms with Crippen LogP contribution in [0.2, 0.25) is 0 Å². The van der Waals surface area contributed by atoms with Crippen molar-refractivity contribution in [2.75, 3.05) is 0 Å². The first-order chi connectivity index (χ1) is 17.2. The zero-order valence-corrected chi connectivity index (χ0v) is 20.5. The number of pyridine rings is 1.